The second-order valence-corrected chi connectivity index (χ2v) is 3.97. The Morgan fingerprint density at radius 1 is 1.38 bits per heavy atom. The summed E-state index contributed by atoms with van der Waals surface area (Å²) in [4.78, 5) is 11.1. The monoisotopic (exact) mass is 226 g/mol. The average molecular weight is 226 g/mol. The van der Waals surface area contributed by atoms with Crippen LogP contribution in [-0.4, -0.2) is 22.8 Å². The van der Waals surface area contributed by atoms with E-state index in [4.69, 9.17) is 10.2 Å². The smallest absolute Gasteiger partial charge is 0.310 e. The van der Waals surface area contributed by atoms with Gasteiger partial charge in [-0.25, -0.2) is 4.39 Å². The van der Waals surface area contributed by atoms with Crippen molar-refractivity contribution in [3.63, 3.8) is 0 Å². The first-order valence-corrected chi connectivity index (χ1v) is 5.13. The Morgan fingerprint density at radius 3 is 2.38 bits per heavy atom. The van der Waals surface area contributed by atoms with E-state index in [1.165, 1.54) is 24.3 Å². The predicted molar refractivity (Wildman–Crippen MR) is 57.6 cm³/mol. The fraction of sp³-hybridized carbons (Fsp3) is 0.417. The summed E-state index contributed by atoms with van der Waals surface area (Å²) in [6, 6.07) is 5.43. The van der Waals surface area contributed by atoms with Gasteiger partial charge in [0, 0.05) is 6.61 Å². The fourth-order valence-corrected chi connectivity index (χ4v) is 1.55. The summed E-state index contributed by atoms with van der Waals surface area (Å²) in [6.45, 7) is 1.73. The molecule has 0 heterocycles. The van der Waals surface area contributed by atoms with Gasteiger partial charge in [0.2, 0.25) is 0 Å². The van der Waals surface area contributed by atoms with Gasteiger partial charge in [-0.15, -0.1) is 0 Å². The third kappa shape index (κ3) is 3.31. The molecule has 0 amide bonds. The molecular formula is C12H15FO3. The molecule has 2 unspecified atom stereocenters. The van der Waals surface area contributed by atoms with Crippen LogP contribution in [0.3, 0.4) is 0 Å². The van der Waals surface area contributed by atoms with Crippen LogP contribution in [0, 0.1) is 11.7 Å². The van der Waals surface area contributed by atoms with Crippen LogP contribution in [0.2, 0.25) is 0 Å². The normalized spacial score (nSPS) is 14.4. The molecule has 0 aliphatic carbocycles. The Hall–Kier alpha value is -1.42. The van der Waals surface area contributed by atoms with Gasteiger partial charge in [-0.2, -0.15) is 0 Å². The van der Waals surface area contributed by atoms with Crippen molar-refractivity contribution in [3.05, 3.63) is 35.6 Å². The van der Waals surface area contributed by atoms with E-state index in [0.717, 1.165) is 0 Å². The van der Waals surface area contributed by atoms with E-state index in [2.05, 4.69) is 0 Å². The van der Waals surface area contributed by atoms with Gasteiger partial charge in [-0.05, 0) is 30.0 Å². The number of aliphatic hydroxyl groups is 1. The Morgan fingerprint density at radius 2 is 1.94 bits per heavy atom. The molecule has 0 bridgehead atoms. The number of carboxylic acids is 1. The van der Waals surface area contributed by atoms with Crippen molar-refractivity contribution in [1.82, 2.24) is 0 Å². The standard InChI is InChI=1S/C12H15FO3/c1-8(7-14)6-11(12(15)16)9-2-4-10(13)5-3-9/h2-5,8,11,14H,6-7H2,1H3,(H,15,16). The summed E-state index contributed by atoms with van der Waals surface area (Å²) >= 11 is 0. The van der Waals surface area contributed by atoms with Gasteiger partial charge < -0.3 is 10.2 Å². The van der Waals surface area contributed by atoms with Crippen LogP contribution in [0.4, 0.5) is 4.39 Å². The van der Waals surface area contributed by atoms with Crippen LogP contribution in [0.15, 0.2) is 24.3 Å². The van der Waals surface area contributed by atoms with Gasteiger partial charge in [0.15, 0.2) is 0 Å². The number of aliphatic hydroxyl groups excluding tert-OH is 1. The van der Waals surface area contributed by atoms with E-state index in [-0.39, 0.29) is 18.3 Å². The number of hydrogen-bond acceptors (Lipinski definition) is 2. The van der Waals surface area contributed by atoms with Crippen molar-refractivity contribution in [2.45, 2.75) is 19.3 Å². The SMILES string of the molecule is CC(CO)CC(C(=O)O)c1ccc(F)cc1. The molecule has 88 valence electrons. The minimum absolute atomic E-state index is 0.0506. The minimum Gasteiger partial charge on any atom is -0.481 e. The zero-order valence-corrected chi connectivity index (χ0v) is 9.06. The van der Waals surface area contributed by atoms with Crippen LogP contribution in [0.1, 0.15) is 24.8 Å². The number of rotatable bonds is 5. The topological polar surface area (TPSA) is 57.5 Å². The molecule has 0 spiro atoms. The lowest BCUT2D eigenvalue weighted by Gasteiger charge is -2.16. The summed E-state index contributed by atoms with van der Waals surface area (Å²) in [5.41, 5.74) is 0.564. The zero-order chi connectivity index (χ0) is 12.1. The average Bonchev–Trinajstić information content (AvgIpc) is 2.26. The van der Waals surface area contributed by atoms with Gasteiger partial charge in [0.25, 0.3) is 0 Å². The highest BCUT2D eigenvalue weighted by Gasteiger charge is 2.22. The molecule has 0 saturated carbocycles. The first kappa shape index (κ1) is 12.6. The van der Waals surface area contributed by atoms with E-state index in [9.17, 15) is 9.18 Å². The first-order valence-electron chi connectivity index (χ1n) is 5.13. The highest BCUT2D eigenvalue weighted by atomic mass is 19.1. The summed E-state index contributed by atoms with van der Waals surface area (Å²) < 4.78 is 12.7. The van der Waals surface area contributed by atoms with Crippen LogP contribution >= 0.6 is 0 Å². The number of hydrogen-bond donors (Lipinski definition) is 2. The van der Waals surface area contributed by atoms with E-state index in [0.29, 0.717) is 12.0 Å². The second-order valence-electron chi connectivity index (χ2n) is 3.97. The Bertz CT molecular complexity index is 348. The van der Waals surface area contributed by atoms with Crippen LogP contribution < -0.4 is 0 Å². The highest BCUT2D eigenvalue weighted by Crippen LogP contribution is 2.24. The fourth-order valence-electron chi connectivity index (χ4n) is 1.55. The maximum atomic E-state index is 12.7. The number of halogens is 1. The molecule has 16 heavy (non-hydrogen) atoms. The van der Waals surface area contributed by atoms with Crippen LogP contribution in [-0.2, 0) is 4.79 Å². The molecule has 4 heteroatoms. The molecule has 1 aromatic rings. The molecule has 3 nitrogen and oxygen atoms in total. The number of carbonyl (C=O) groups is 1. The van der Waals surface area contributed by atoms with Crippen molar-refractivity contribution >= 4 is 5.97 Å². The molecule has 0 aliphatic heterocycles. The van der Waals surface area contributed by atoms with Crippen molar-refractivity contribution in [3.8, 4) is 0 Å². The molecule has 0 saturated heterocycles. The maximum Gasteiger partial charge on any atom is 0.310 e. The first-order chi connectivity index (χ1) is 7.54. The molecule has 0 aromatic heterocycles. The number of carboxylic acid groups (broad SMARTS) is 1. The molecule has 1 rings (SSSR count). The summed E-state index contributed by atoms with van der Waals surface area (Å²) in [5.74, 6) is -2.12. The van der Waals surface area contributed by atoms with Crippen LogP contribution in [0.25, 0.3) is 0 Å². The number of aliphatic carboxylic acids is 1. The third-order valence-electron chi connectivity index (χ3n) is 2.52. The van der Waals surface area contributed by atoms with E-state index >= 15 is 0 Å². The molecule has 2 atom stereocenters. The lowest BCUT2D eigenvalue weighted by Crippen LogP contribution is -2.16. The summed E-state index contributed by atoms with van der Waals surface area (Å²) in [6.07, 6.45) is 0.345. The van der Waals surface area contributed by atoms with Crippen molar-refractivity contribution in [2.75, 3.05) is 6.61 Å². The van der Waals surface area contributed by atoms with E-state index in [1.807, 2.05) is 0 Å². The quantitative estimate of drug-likeness (QED) is 0.807. The molecular weight excluding hydrogens is 211 g/mol. The molecule has 2 N–H and O–H groups in total. The predicted octanol–water partition coefficient (Wildman–Crippen LogP) is 2.01. The van der Waals surface area contributed by atoms with Gasteiger partial charge in [-0.1, -0.05) is 19.1 Å². The summed E-state index contributed by atoms with van der Waals surface area (Å²) in [7, 11) is 0. The zero-order valence-electron chi connectivity index (χ0n) is 9.06. The Labute approximate surface area is 93.5 Å². The second kappa shape index (κ2) is 5.61. The molecule has 0 fully saturated rings. The molecule has 0 aliphatic rings. The largest absolute Gasteiger partial charge is 0.481 e. The highest BCUT2D eigenvalue weighted by molar-refractivity contribution is 5.76. The van der Waals surface area contributed by atoms with Gasteiger partial charge in [0.05, 0.1) is 5.92 Å². The number of benzene rings is 1. The van der Waals surface area contributed by atoms with Crippen LogP contribution in [0.5, 0.6) is 0 Å². The van der Waals surface area contributed by atoms with Crippen molar-refractivity contribution < 1.29 is 19.4 Å². The minimum atomic E-state index is -0.952. The van der Waals surface area contributed by atoms with Gasteiger partial charge in [0.1, 0.15) is 5.82 Å². The summed E-state index contributed by atoms with van der Waals surface area (Å²) in [5, 5.41) is 18.0. The van der Waals surface area contributed by atoms with E-state index in [1.54, 1.807) is 6.92 Å². The lowest BCUT2D eigenvalue weighted by atomic mass is 9.90. The lowest BCUT2D eigenvalue weighted by molar-refractivity contribution is -0.139. The van der Waals surface area contributed by atoms with Crippen molar-refractivity contribution in [1.29, 1.82) is 0 Å². The molecule has 0 radical (unpaired) electrons. The van der Waals surface area contributed by atoms with E-state index < -0.39 is 11.9 Å². The van der Waals surface area contributed by atoms with Gasteiger partial charge in [-0.3, -0.25) is 4.79 Å². The Balaban J connectivity index is 2.85. The third-order valence-corrected chi connectivity index (χ3v) is 2.52. The Kier molecular flexibility index (Phi) is 4.43. The van der Waals surface area contributed by atoms with Gasteiger partial charge >= 0.3 is 5.97 Å². The maximum absolute atomic E-state index is 12.7. The van der Waals surface area contributed by atoms with Crippen molar-refractivity contribution in [2.24, 2.45) is 5.92 Å². The molecule has 1 aromatic carbocycles.